The molecule has 36 heavy (non-hydrogen) atoms. The molecule has 9 heteroatoms. The summed E-state index contributed by atoms with van der Waals surface area (Å²) >= 11 is 0. The van der Waals surface area contributed by atoms with E-state index in [1.165, 1.54) is 38.2 Å². The largest absolute Gasteiger partial charge is 0.353 e. The number of hydrogen-bond donors (Lipinski definition) is 4. The molecule has 1 saturated carbocycles. The SMILES string of the molecule is N[C@@H](Cc1ccc(F)c(F)c1)C(=O)N[C@@H](Cc1ccncc1)C(=O)NCCNC1CCCCCCC1. The van der Waals surface area contributed by atoms with Crippen LogP contribution in [0.1, 0.15) is 56.1 Å². The molecule has 1 fully saturated rings. The fourth-order valence-electron chi connectivity index (χ4n) is 4.50. The van der Waals surface area contributed by atoms with Gasteiger partial charge in [0.1, 0.15) is 6.04 Å². The first-order chi connectivity index (χ1) is 17.4. The summed E-state index contributed by atoms with van der Waals surface area (Å²) < 4.78 is 26.7. The lowest BCUT2D eigenvalue weighted by Gasteiger charge is -2.23. The Morgan fingerprint density at radius 3 is 2.28 bits per heavy atom. The maximum Gasteiger partial charge on any atom is 0.242 e. The van der Waals surface area contributed by atoms with Crippen molar-refractivity contribution in [3.05, 3.63) is 65.5 Å². The molecule has 196 valence electrons. The van der Waals surface area contributed by atoms with Crippen molar-refractivity contribution in [3.8, 4) is 0 Å². The summed E-state index contributed by atoms with van der Waals surface area (Å²) in [7, 11) is 0. The molecular weight excluding hydrogens is 464 g/mol. The van der Waals surface area contributed by atoms with E-state index in [1.807, 2.05) is 0 Å². The lowest BCUT2D eigenvalue weighted by atomic mass is 9.97. The van der Waals surface area contributed by atoms with Gasteiger partial charge in [-0.3, -0.25) is 14.6 Å². The fraction of sp³-hybridized carbons (Fsp3) is 0.519. The lowest BCUT2D eigenvalue weighted by molar-refractivity contribution is -0.129. The van der Waals surface area contributed by atoms with Crippen molar-refractivity contribution in [2.24, 2.45) is 5.73 Å². The van der Waals surface area contributed by atoms with Gasteiger partial charge in [-0.1, -0.05) is 38.2 Å². The monoisotopic (exact) mass is 501 g/mol. The molecule has 2 atom stereocenters. The van der Waals surface area contributed by atoms with Gasteiger partial charge >= 0.3 is 0 Å². The maximum absolute atomic E-state index is 13.5. The number of nitrogens with zero attached hydrogens (tertiary/aromatic N) is 1. The number of pyridine rings is 1. The molecule has 0 aliphatic heterocycles. The number of hydrogen-bond acceptors (Lipinski definition) is 5. The first kappa shape index (κ1) is 27.7. The average Bonchev–Trinajstić information content (AvgIpc) is 2.85. The minimum atomic E-state index is -1.02. The standard InChI is InChI=1S/C27H37F2N5O2/c28-22-9-8-20(16-23(22)29)17-24(30)26(35)34-25(18-19-10-12-31-13-11-19)27(36)33-15-14-32-21-6-4-2-1-3-5-7-21/h8-13,16,21,24-25,32H,1-7,14-15,17-18,30H2,(H,33,36)(H,34,35)/t24-,25-/m0/s1. The molecule has 2 aromatic rings. The first-order valence-electron chi connectivity index (χ1n) is 12.8. The molecule has 1 aromatic heterocycles. The second kappa shape index (κ2) is 14.6. The molecule has 0 bridgehead atoms. The summed E-state index contributed by atoms with van der Waals surface area (Å²) in [5.74, 6) is -2.81. The number of amides is 2. The molecule has 1 aliphatic carbocycles. The Balaban J connectivity index is 1.54. The van der Waals surface area contributed by atoms with Crippen LogP contribution < -0.4 is 21.7 Å². The number of nitrogens with one attached hydrogen (secondary N) is 3. The topological polar surface area (TPSA) is 109 Å². The predicted octanol–water partition coefficient (Wildman–Crippen LogP) is 2.78. The number of benzene rings is 1. The van der Waals surface area contributed by atoms with E-state index in [0.717, 1.165) is 30.5 Å². The number of nitrogens with two attached hydrogens (primary N) is 1. The molecule has 7 nitrogen and oxygen atoms in total. The molecule has 5 N–H and O–H groups in total. The Labute approximate surface area is 211 Å². The van der Waals surface area contributed by atoms with Crippen LogP contribution in [0.3, 0.4) is 0 Å². The number of aromatic nitrogens is 1. The van der Waals surface area contributed by atoms with Crippen LogP contribution >= 0.6 is 0 Å². The summed E-state index contributed by atoms with van der Waals surface area (Å²) in [5, 5.41) is 9.19. The van der Waals surface area contributed by atoms with Crippen molar-refractivity contribution in [1.29, 1.82) is 0 Å². The number of carbonyl (C=O) groups is 2. The molecule has 1 aromatic carbocycles. The Kier molecular flexibility index (Phi) is 11.2. The maximum atomic E-state index is 13.5. The van der Waals surface area contributed by atoms with Crippen molar-refractivity contribution >= 4 is 11.8 Å². The van der Waals surface area contributed by atoms with Crippen molar-refractivity contribution in [2.45, 2.75) is 75.9 Å². The summed E-state index contributed by atoms with van der Waals surface area (Å²) in [6, 6.07) is 5.58. The highest BCUT2D eigenvalue weighted by atomic mass is 19.2. The molecule has 1 heterocycles. The van der Waals surface area contributed by atoms with E-state index in [0.29, 0.717) is 24.7 Å². The zero-order valence-corrected chi connectivity index (χ0v) is 20.6. The van der Waals surface area contributed by atoms with Gasteiger partial charge < -0.3 is 21.7 Å². The van der Waals surface area contributed by atoms with Crippen LogP contribution in [0.5, 0.6) is 0 Å². The van der Waals surface area contributed by atoms with Crippen LogP contribution in [-0.4, -0.2) is 48.0 Å². The zero-order chi connectivity index (χ0) is 25.8. The smallest absolute Gasteiger partial charge is 0.242 e. The van der Waals surface area contributed by atoms with E-state index in [9.17, 15) is 18.4 Å². The van der Waals surface area contributed by atoms with Crippen LogP contribution in [0.4, 0.5) is 8.78 Å². The molecule has 3 rings (SSSR count). The van der Waals surface area contributed by atoms with Gasteiger partial charge in [-0.25, -0.2) is 8.78 Å². The molecule has 0 radical (unpaired) electrons. The Morgan fingerprint density at radius 1 is 0.889 bits per heavy atom. The second-order valence-corrected chi connectivity index (χ2v) is 9.47. The van der Waals surface area contributed by atoms with Crippen LogP contribution in [0.15, 0.2) is 42.7 Å². The van der Waals surface area contributed by atoms with Crippen LogP contribution in [-0.2, 0) is 22.4 Å². The minimum absolute atomic E-state index is 0.0118. The summed E-state index contributed by atoms with van der Waals surface area (Å²) in [6.07, 6.45) is 12.2. The van der Waals surface area contributed by atoms with Crippen molar-refractivity contribution in [1.82, 2.24) is 20.9 Å². The van der Waals surface area contributed by atoms with Gasteiger partial charge in [-0.2, -0.15) is 0 Å². The fourth-order valence-corrected chi connectivity index (χ4v) is 4.50. The van der Waals surface area contributed by atoms with Gasteiger partial charge in [0.2, 0.25) is 11.8 Å². The quantitative estimate of drug-likeness (QED) is 0.354. The molecule has 0 unspecified atom stereocenters. The average molecular weight is 502 g/mol. The van der Waals surface area contributed by atoms with Crippen molar-refractivity contribution in [3.63, 3.8) is 0 Å². The third kappa shape index (κ3) is 9.28. The molecule has 1 aliphatic rings. The highest BCUT2D eigenvalue weighted by Gasteiger charge is 2.24. The Hall–Kier alpha value is -2.91. The lowest BCUT2D eigenvalue weighted by Crippen LogP contribution is -2.53. The van der Waals surface area contributed by atoms with Crippen LogP contribution in [0.2, 0.25) is 0 Å². The van der Waals surface area contributed by atoms with Gasteiger partial charge in [-0.05, 0) is 54.7 Å². The second-order valence-electron chi connectivity index (χ2n) is 9.47. The van der Waals surface area contributed by atoms with E-state index < -0.39 is 29.6 Å². The van der Waals surface area contributed by atoms with Crippen LogP contribution in [0, 0.1) is 11.6 Å². The third-order valence-corrected chi connectivity index (χ3v) is 6.56. The zero-order valence-electron chi connectivity index (χ0n) is 20.6. The number of rotatable bonds is 11. The van der Waals surface area contributed by atoms with Crippen LogP contribution in [0.25, 0.3) is 0 Å². The Morgan fingerprint density at radius 2 is 1.58 bits per heavy atom. The minimum Gasteiger partial charge on any atom is -0.353 e. The summed E-state index contributed by atoms with van der Waals surface area (Å²) in [4.78, 5) is 29.8. The molecule has 0 spiro atoms. The predicted molar refractivity (Wildman–Crippen MR) is 135 cm³/mol. The highest BCUT2D eigenvalue weighted by molar-refractivity contribution is 5.90. The first-order valence-corrected chi connectivity index (χ1v) is 12.8. The van der Waals surface area contributed by atoms with E-state index in [4.69, 9.17) is 5.73 Å². The van der Waals surface area contributed by atoms with Gasteiger partial charge in [0, 0.05) is 37.9 Å². The van der Waals surface area contributed by atoms with Crippen molar-refractivity contribution in [2.75, 3.05) is 13.1 Å². The highest BCUT2D eigenvalue weighted by Crippen LogP contribution is 2.17. The molecule has 2 amide bonds. The number of carbonyl (C=O) groups excluding carboxylic acids is 2. The normalized spacial score (nSPS) is 16.4. The Bertz CT molecular complexity index is 968. The van der Waals surface area contributed by atoms with Gasteiger partial charge in [0.25, 0.3) is 0 Å². The number of halogens is 2. The van der Waals surface area contributed by atoms with E-state index >= 15 is 0 Å². The van der Waals surface area contributed by atoms with Gasteiger partial charge in [0.15, 0.2) is 11.6 Å². The van der Waals surface area contributed by atoms with Gasteiger partial charge in [-0.15, -0.1) is 0 Å². The summed E-state index contributed by atoms with van der Waals surface area (Å²) in [5.41, 5.74) is 7.26. The molecular formula is C27H37F2N5O2. The molecule has 0 saturated heterocycles. The van der Waals surface area contributed by atoms with Gasteiger partial charge in [0.05, 0.1) is 6.04 Å². The third-order valence-electron chi connectivity index (χ3n) is 6.56. The summed E-state index contributed by atoms with van der Waals surface area (Å²) in [6.45, 7) is 1.10. The van der Waals surface area contributed by atoms with Crippen molar-refractivity contribution < 1.29 is 18.4 Å². The van der Waals surface area contributed by atoms with E-state index in [-0.39, 0.29) is 18.7 Å². The van der Waals surface area contributed by atoms with E-state index in [2.05, 4.69) is 20.9 Å². The van der Waals surface area contributed by atoms with E-state index in [1.54, 1.807) is 24.5 Å².